The van der Waals surface area contributed by atoms with E-state index in [1.807, 2.05) is 6.21 Å². The van der Waals surface area contributed by atoms with Crippen molar-refractivity contribution in [3.8, 4) is 0 Å². The van der Waals surface area contributed by atoms with Gasteiger partial charge in [-0.25, -0.2) is 0 Å². The summed E-state index contributed by atoms with van der Waals surface area (Å²) < 4.78 is 0. The Bertz CT molecular complexity index is 469. The van der Waals surface area contributed by atoms with Crippen LogP contribution in [0.15, 0.2) is 40.4 Å². The number of hydrogen-bond donors (Lipinski definition) is 1. The van der Waals surface area contributed by atoms with Crippen molar-refractivity contribution in [2.75, 3.05) is 0 Å². The van der Waals surface area contributed by atoms with Gasteiger partial charge >= 0.3 is 0 Å². The largest absolute Gasteiger partial charge is 0.309 e. The topological polar surface area (TPSA) is 38.4 Å². The van der Waals surface area contributed by atoms with E-state index in [0.29, 0.717) is 0 Å². The first-order chi connectivity index (χ1) is 7.79. The van der Waals surface area contributed by atoms with E-state index in [9.17, 15) is 0 Å². The Morgan fingerprint density at radius 3 is 3.06 bits per heavy atom. The summed E-state index contributed by atoms with van der Waals surface area (Å²) in [5.74, 6) is 1.76. The number of nitrogens with zero attached hydrogens (tertiary/aromatic N) is 1. The van der Waals surface area contributed by atoms with Crippen molar-refractivity contribution in [1.29, 1.82) is 0 Å². The molecule has 4 aliphatic rings. The molecule has 0 amide bonds. The molecule has 2 fully saturated rings. The molecule has 0 aromatic rings. The van der Waals surface area contributed by atoms with Crippen molar-refractivity contribution in [2.45, 2.75) is 25.4 Å². The lowest BCUT2D eigenvalue weighted by Crippen LogP contribution is -2.28. The first-order valence-electron chi connectivity index (χ1n) is 6.17. The van der Waals surface area contributed by atoms with Gasteiger partial charge in [0, 0.05) is 11.6 Å². The highest BCUT2D eigenvalue weighted by molar-refractivity contribution is 5.81. The molecule has 0 spiro atoms. The van der Waals surface area contributed by atoms with Crippen LogP contribution < -0.4 is 5.73 Å². The van der Waals surface area contributed by atoms with Gasteiger partial charge in [0.2, 0.25) is 0 Å². The molecule has 0 aromatic carbocycles. The van der Waals surface area contributed by atoms with Gasteiger partial charge < -0.3 is 5.73 Å². The fourth-order valence-electron chi connectivity index (χ4n) is 3.18. The lowest BCUT2D eigenvalue weighted by atomic mass is 10.0. The second kappa shape index (κ2) is 2.75. The van der Waals surface area contributed by atoms with Crippen molar-refractivity contribution in [1.82, 2.24) is 0 Å². The van der Waals surface area contributed by atoms with E-state index >= 15 is 0 Å². The van der Waals surface area contributed by atoms with E-state index in [0.717, 1.165) is 18.3 Å². The molecule has 4 rings (SSSR count). The predicted molar refractivity (Wildman–Crippen MR) is 65.0 cm³/mol. The second-order valence-corrected chi connectivity index (χ2v) is 5.53. The molecule has 2 N–H and O–H groups in total. The molecule has 0 heterocycles. The standard InChI is InChI=1S/C14H16N2/c15-13(14-5-1-2-11(14)7-14)16-8-10-4-3-9-6-12(9)10/h1-2,4-5,8-9,12-13H,3,6-7,15H2/t9?,12-,13?,14?/m0/s1. The molecule has 2 nitrogen and oxygen atoms in total. The van der Waals surface area contributed by atoms with Gasteiger partial charge in [0.1, 0.15) is 6.17 Å². The molecule has 2 heteroatoms. The van der Waals surface area contributed by atoms with Crippen LogP contribution >= 0.6 is 0 Å². The number of allylic oxidation sites excluding steroid dienone is 4. The summed E-state index contributed by atoms with van der Waals surface area (Å²) in [5.41, 5.74) is 9.18. The minimum absolute atomic E-state index is 0.0730. The average Bonchev–Trinajstić information content (AvgIpc) is 3.15. The van der Waals surface area contributed by atoms with Crippen LogP contribution in [0.1, 0.15) is 19.3 Å². The van der Waals surface area contributed by atoms with Crippen LogP contribution in [0.3, 0.4) is 0 Å². The fourth-order valence-corrected chi connectivity index (χ4v) is 3.18. The van der Waals surface area contributed by atoms with Gasteiger partial charge in [-0.1, -0.05) is 29.9 Å². The summed E-state index contributed by atoms with van der Waals surface area (Å²) >= 11 is 0. The molecule has 2 saturated carbocycles. The molecule has 0 aliphatic heterocycles. The lowest BCUT2D eigenvalue weighted by Gasteiger charge is -2.13. The summed E-state index contributed by atoms with van der Waals surface area (Å²) in [4.78, 5) is 4.57. The van der Waals surface area contributed by atoms with Crippen LogP contribution in [0.4, 0.5) is 0 Å². The molecule has 16 heavy (non-hydrogen) atoms. The van der Waals surface area contributed by atoms with Crippen LogP contribution in [0, 0.1) is 17.3 Å². The highest BCUT2D eigenvalue weighted by Crippen LogP contribution is 2.58. The van der Waals surface area contributed by atoms with Gasteiger partial charge in [0.15, 0.2) is 0 Å². The van der Waals surface area contributed by atoms with Crippen LogP contribution in [-0.2, 0) is 0 Å². The normalized spacial score (nSPS) is 44.1. The zero-order valence-corrected chi connectivity index (χ0v) is 9.26. The van der Waals surface area contributed by atoms with Gasteiger partial charge in [-0.2, -0.15) is 0 Å². The van der Waals surface area contributed by atoms with E-state index < -0.39 is 0 Å². The number of nitrogens with two attached hydrogens (primary N) is 1. The molecule has 0 saturated heterocycles. The predicted octanol–water partition coefficient (Wildman–Crippen LogP) is 2.19. The van der Waals surface area contributed by atoms with E-state index in [4.69, 9.17) is 5.73 Å². The fraction of sp³-hybridized carbons (Fsp3) is 0.500. The third-order valence-corrected chi connectivity index (χ3v) is 4.57. The molecule has 4 aliphatic carbocycles. The maximum Gasteiger partial charge on any atom is 0.110 e. The van der Waals surface area contributed by atoms with E-state index in [1.165, 1.54) is 24.0 Å². The Morgan fingerprint density at radius 1 is 1.56 bits per heavy atom. The quantitative estimate of drug-likeness (QED) is 0.715. The SMILES string of the molecule is NC(N=CC1=CCC2C[C@H]12)C12C=CC=C1C2. The Kier molecular flexibility index (Phi) is 1.54. The molecule has 4 atom stereocenters. The summed E-state index contributed by atoms with van der Waals surface area (Å²) in [5, 5.41) is 0. The van der Waals surface area contributed by atoms with E-state index in [-0.39, 0.29) is 11.6 Å². The van der Waals surface area contributed by atoms with E-state index in [1.54, 1.807) is 0 Å². The number of fused-ring (bicyclic) bond motifs is 2. The molecule has 0 radical (unpaired) electrons. The van der Waals surface area contributed by atoms with Crippen molar-refractivity contribution < 1.29 is 0 Å². The van der Waals surface area contributed by atoms with Gasteiger partial charge in [0.05, 0.1) is 0 Å². The smallest absolute Gasteiger partial charge is 0.110 e. The van der Waals surface area contributed by atoms with Gasteiger partial charge in [-0.05, 0) is 36.7 Å². The monoisotopic (exact) mass is 212 g/mol. The van der Waals surface area contributed by atoms with Gasteiger partial charge in [-0.3, -0.25) is 4.99 Å². The van der Waals surface area contributed by atoms with E-state index in [2.05, 4.69) is 29.3 Å². The third-order valence-electron chi connectivity index (χ3n) is 4.57. The summed E-state index contributed by atoms with van der Waals surface area (Å²) in [7, 11) is 0. The van der Waals surface area contributed by atoms with Crippen LogP contribution in [-0.4, -0.2) is 12.4 Å². The van der Waals surface area contributed by atoms with Crippen LogP contribution in [0.5, 0.6) is 0 Å². The molecule has 82 valence electrons. The Morgan fingerprint density at radius 2 is 2.50 bits per heavy atom. The zero-order valence-electron chi connectivity index (χ0n) is 9.26. The summed E-state index contributed by atoms with van der Waals surface area (Å²) in [6.45, 7) is 0. The first-order valence-corrected chi connectivity index (χ1v) is 6.17. The average molecular weight is 212 g/mol. The summed E-state index contributed by atoms with van der Waals surface area (Å²) in [6.07, 6.45) is 14.6. The van der Waals surface area contributed by atoms with Gasteiger partial charge in [-0.15, -0.1) is 0 Å². The highest BCUT2D eigenvalue weighted by atomic mass is 15.0. The zero-order chi connectivity index (χ0) is 10.8. The minimum Gasteiger partial charge on any atom is -0.309 e. The number of aliphatic imine (C=N–C) groups is 1. The molecule has 0 bridgehead atoms. The van der Waals surface area contributed by atoms with Crippen molar-refractivity contribution in [3.05, 3.63) is 35.5 Å². The van der Waals surface area contributed by atoms with Crippen molar-refractivity contribution in [2.24, 2.45) is 28.0 Å². The Hall–Kier alpha value is -1.15. The lowest BCUT2D eigenvalue weighted by molar-refractivity contribution is 0.530. The highest BCUT2D eigenvalue weighted by Gasteiger charge is 2.53. The minimum atomic E-state index is -0.0730. The molecular formula is C14H16N2. The van der Waals surface area contributed by atoms with Crippen LogP contribution in [0.25, 0.3) is 0 Å². The molecule has 0 aromatic heterocycles. The molecular weight excluding hydrogens is 196 g/mol. The first kappa shape index (κ1) is 8.94. The Labute approximate surface area is 95.6 Å². The number of hydrogen-bond acceptors (Lipinski definition) is 2. The second-order valence-electron chi connectivity index (χ2n) is 5.53. The van der Waals surface area contributed by atoms with Crippen LogP contribution in [0.2, 0.25) is 0 Å². The van der Waals surface area contributed by atoms with Crippen molar-refractivity contribution >= 4 is 6.21 Å². The van der Waals surface area contributed by atoms with Gasteiger partial charge in [0.25, 0.3) is 0 Å². The molecule has 3 unspecified atom stereocenters. The maximum atomic E-state index is 6.17. The summed E-state index contributed by atoms with van der Waals surface area (Å²) in [6, 6.07) is 0. The number of rotatable bonds is 3. The Balaban J connectivity index is 1.49. The third kappa shape index (κ3) is 1.08. The maximum absolute atomic E-state index is 6.17. The van der Waals surface area contributed by atoms with Crippen molar-refractivity contribution in [3.63, 3.8) is 0 Å².